The van der Waals surface area contributed by atoms with Crippen LogP contribution in [0.2, 0.25) is 0 Å². The zero-order valence-corrected chi connectivity index (χ0v) is 19.0. The zero-order valence-electron chi connectivity index (χ0n) is 18.2. The minimum atomic E-state index is -3.47. The Kier molecular flexibility index (Phi) is 6.16. The number of aromatic nitrogens is 2. The van der Waals surface area contributed by atoms with Crippen molar-refractivity contribution >= 4 is 10.2 Å². The van der Waals surface area contributed by atoms with Crippen molar-refractivity contribution in [1.29, 1.82) is 0 Å². The molecule has 31 heavy (non-hydrogen) atoms. The Morgan fingerprint density at radius 3 is 2.77 bits per heavy atom. The molecule has 1 unspecified atom stereocenters. The fourth-order valence-electron chi connectivity index (χ4n) is 4.31. The molecule has 168 valence electrons. The highest BCUT2D eigenvalue weighted by atomic mass is 32.2. The van der Waals surface area contributed by atoms with Gasteiger partial charge in [-0.1, -0.05) is 18.2 Å². The minimum Gasteiger partial charge on any atom is -0.496 e. The third-order valence-corrected chi connectivity index (χ3v) is 7.99. The first kappa shape index (κ1) is 21.9. The van der Waals surface area contributed by atoms with Crippen LogP contribution in [0.15, 0.2) is 29.1 Å². The maximum atomic E-state index is 12.7. The van der Waals surface area contributed by atoms with E-state index in [0.29, 0.717) is 44.8 Å². The molecule has 2 aliphatic rings. The van der Waals surface area contributed by atoms with Gasteiger partial charge in [-0.3, -0.25) is 9.69 Å². The topological polar surface area (TPSA) is 98.8 Å². The molecule has 0 amide bonds. The van der Waals surface area contributed by atoms with Gasteiger partial charge in [0.1, 0.15) is 11.6 Å². The van der Waals surface area contributed by atoms with E-state index in [9.17, 15) is 13.2 Å². The SMILES string of the molecule is COc1ccccc1CN1CCc2c(nc(C3CCN(S(=O)(=O)N(C)C)C3)[nH]c2=O)C1. The molecular weight excluding hydrogens is 418 g/mol. The zero-order chi connectivity index (χ0) is 22.2. The average molecular weight is 448 g/mol. The van der Waals surface area contributed by atoms with E-state index in [4.69, 9.17) is 9.72 Å². The van der Waals surface area contributed by atoms with Crippen LogP contribution >= 0.6 is 0 Å². The van der Waals surface area contributed by atoms with E-state index >= 15 is 0 Å². The van der Waals surface area contributed by atoms with Gasteiger partial charge in [0.15, 0.2) is 0 Å². The number of nitrogens with one attached hydrogen (secondary N) is 1. The monoisotopic (exact) mass is 447 g/mol. The Morgan fingerprint density at radius 2 is 2.03 bits per heavy atom. The first-order chi connectivity index (χ1) is 14.8. The lowest BCUT2D eigenvalue weighted by Gasteiger charge is -2.28. The van der Waals surface area contributed by atoms with Crippen molar-refractivity contribution in [3.63, 3.8) is 0 Å². The van der Waals surface area contributed by atoms with E-state index in [1.807, 2.05) is 24.3 Å². The van der Waals surface area contributed by atoms with Gasteiger partial charge in [-0.15, -0.1) is 0 Å². The summed E-state index contributed by atoms with van der Waals surface area (Å²) >= 11 is 0. The summed E-state index contributed by atoms with van der Waals surface area (Å²) in [5.74, 6) is 1.32. The predicted octanol–water partition coefficient (Wildman–Crippen LogP) is 0.933. The highest BCUT2D eigenvalue weighted by molar-refractivity contribution is 7.86. The van der Waals surface area contributed by atoms with Crippen LogP contribution < -0.4 is 10.3 Å². The number of hydrogen-bond donors (Lipinski definition) is 1. The second kappa shape index (κ2) is 8.70. The van der Waals surface area contributed by atoms with Gasteiger partial charge in [0.25, 0.3) is 15.8 Å². The molecule has 2 aliphatic heterocycles. The normalized spacial score (nSPS) is 20.2. The van der Waals surface area contributed by atoms with E-state index < -0.39 is 10.2 Å². The summed E-state index contributed by atoms with van der Waals surface area (Å²) in [6.07, 6.45) is 1.28. The number of rotatable bonds is 6. The molecule has 0 spiro atoms. The standard InChI is InChI=1S/C21H29N5O4S/c1-24(2)31(28,29)26-11-8-16(13-26)20-22-18-14-25(10-9-17(18)21(27)23-20)12-15-6-4-5-7-19(15)30-3/h4-7,16H,8-14H2,1-3H3,(H,22,23,27). The third kappa shape index (κ3) is 4.38. The van der Waals surface area contributed by atoms with Crippen LogP contribution in [0.4, 0.5) is 0 Å². The van der Waals surface area contributed by atoms with Gasteiger partial charge in [-0.25, -0.2) is 4.98 Å². The average Bonchev–Trinajstić information content (AvgIpc) is 3.25. The van der Waals surface area contributed by atoms with Crippen LogP contribution in [0, 0.1) is 0 Å². The number of aromatic amines is 1. The fraction of sp³-hybridized carbons (Fsp3) is 0.524. The van der Waals surface area contributed by atoms with Crippen molar-refractivity contribution in [2.45, 2.75) is 31.8 Å². The van der Waals surface area contributed by atoms with Crippen LogP contribution in [0.1, 0.15) is 35.0 Å². The van der Waals surface area contributed by atoms with Gasteiger partial charge < -0.3 is 9.72 Å². The molecule has 4 rings (SSSR count). The minimum absolute atomic E-state index is 0.106. The van der Waals surface area contributed by atoms with Gasteiger partial charge in [-0.05, 0) is 18.9 Å². The molecule has 1 aromatic heterocycles. The maximum absolute atomic E-state index is 12.7. The molecule has 2 aromatic rings. The van der Waals surface area contributed by atoms with Gasteiger partial charge in [0.2, 0.25) is 0 Å². The number of ether oxygens (including phenoxy) is 1. The summed E-state index contributed by atoms with van der Waals surface area (Å²) in [7, 11) is 1.25. The molecule has 1 atom stereocenters. The van der Waals surface area contributed by atoms with Crippen LogP contribution in [0.25, 0.3) is 0 Å². The molecule has 1 N–H and O–H groups in total. The van der Waals surface area contributed by atoms with Gasteiger partial charge in [0, 0.05) is 63.9 Å². The summed E-state index contributed by atoms with van der Waals surface area (Å²) in [6.45, 7) is 2.81. The van der Waals surface area contributed by atoms with Gasteiger partial charge in [-0.2, -0.15) is 17.0 Å². The molecule has 0 aliphatic carbocycles. The largest absolute Gasteiger partial charge is 0.496 e. The molecule has 1 saturated heterocycles. The lowest BCUT2D eigenvalue weighted by atomic mass is 10.0. The second-order valence-corrected chi connectivity index (χ2v) is 10.4. The van der Waals surface area contributed by atoms with Crippen LogP contribution in [-0.2, 0) is 29.7 Å². The van der Waals surface area contributed by atoms with Gasteiger partial charge >= 0.3 is 0 Å². The van der Waals surface area contributed by atoms with Gasteiger partial charge in [0.05, 0.1) is 12.8 Å². The molecule has 0 bridgehead atoms. The molecule has 9 nitrogen and oxygen atoms in total. The van der Waals surface area contributed by atoms with Crippen molar-refractivity contribution in [2.24, 2.45) is 0 Å². The van der Waals surface area contributed by atoms with E-state index in [1.165, 1.54) is 22.7 Å². The van der Waals surface area contributed by atoms with Crippen LogP contribution in [0.5, 0.6) is 5.75 Å². The third-order valence-electron chi connectivity index (χ3n) is 6.08. The first-order valence-electron chi connectivity index (χ1n) is 10.4. The van der Waals surface area contributed by atoms with Crippen molar-refractivity contribution in [1.82, 2.24) is 23.5 Å². The molecule has 10 heteroatoms. The number of nitrogens with zero attached hydrogens (tertiary/aromatic N) is 4. The van der Waals surface area contributed by atoms with Crippen LogP contribution in [-0.4, -0.2) is 72.7 Å². The maximum Gasteiger partial charge on any atom is 0.281 e. The smallest absolute Gasteiger partial charge is 0.281 e. The molecule has 1 aromatic carbocycles. The first-order valence-corrected chi connectivity index (χ1v) is 11.8. The summed E-state index contributed by atoms with van der Waals surface area (Å²) in [4.78, 5) is 22.7. The summed E-state index contributed by atoms with van der Waals surface area (Å²) < 4.78 is 33.0. The van der Waals surface area contributed by atoms with E-state index in [1.54, 1.807) is 7.11 Å². The Balaban J connectivity index is 1.53. The fourth-order valence-corrected chi connectivity index (χ4v) is 5.47. The summed E-state index contributed by atoms with van der Waals surface area (Å²) in [5, 5.41) is 0. The number of methoxy groups -OCH3 is 1. The number of para-hydroxylation sites is 1. The highest BCUT2D eigenvalue weighted by Gasteiger charge is 2.35. The van der Waals surface area contributed by atoms with E-state index in [2.05, 4.69) is 9.88 Å². The Labute approximate surface area is 182 Å². The van der Waals surface area contributed by atoms with E-state index in [-0.39, 0.29) is 11.5 Å². The Bertz CT molecular complexity index is 1110. The van der Waals surface area contributed by atoms with Crippen molar-refractivity contribution < 1.29 is 13.2 Å². The number of hydrogen-bond acceptors (Lipinski definition) is 6. The van der Waals surface area contributed by atoms with E-state index in [0.717, 1.165) is 29.1 Å². The highest BCUT2D eigenvalue weighted by Crippen LogP contribution is 2.28. The summed E-state index contributed by atoms with van der Waals surface area (Å²) in [6, 6.07) is 7.93. The molecule has 3 heterocycles. The molecule has 0 radical (unpaired) electrons. The second-order valence-electron chi connectivity index (χ2n) is 8.28. The Hall–Kier alpha value is -2.27. The lowest BCUT2D eigenvalue weighted by Crippen LogP contribution is -2.38. The van der Waals surface area contributed by atoms with Crippen molar-refractivity contribution in [3.05, 3.63) is 57.3 Å². The predicted molar refractivity (Wildman–Crippen MR) is 117 cm³/mol. The number of benzene rings is 1. The number of fused-ring (bicyclic) bond motifs is 1. The lowest BCUT2D eigenvalue weighted by molar-refractivity contribution is 0.236. The summed E-state index contributed by atoms with van der Waals surface area (Å²) in [5.41, 5.74) is 2.51. The molecular formula is C21H29N5O4S. The quantitative estimate of drug-likeness (QED) is 0.708. The van der Waals surface area contributed by atoms with Crippen molar-refractivity contribution in [3.8, 4) is 5.75 Å². The van der Waals surface area contributed by atoms with Crippen LogP contribution in [0.3, 0.4) is 0 Å². The number of H-pyrrole nitrogens is 1. The molecule has 1 fully saturated rings. The molecule has 0 saturated carbocycles. The Morgan fingerprint density at radius 1 is 1.26 bits per heavy atom. The van der Waals surface area contributed by atoms with Crippen molar-refractivity contribution in [2.75, 3.05) is 40.8 Å².